The van der Waals surface area contributed by atoms with Crippen molar-refractivity contribution in [1.29, 1.82) is 0 Å². The number of piperidine rings is 1. The summed E-state index contributed by atoms with van der Waals surface area (Å²) in [6.45, 7) is 5.84. The molecule has 0 saturated carbocycles. The first-order valence-corrected chi connectivity index (χ1v) is 7.53. The number of benzene rings is 1. The van der Waals surface area contributed by atoms with Crippen LogP contribution in [0.15, 0.2) is 24.3 Å². The van der Waals surface area contributed by atoms with E-state index in [9.17, 15) is 4.79 Å². The fourth-order valence-electron chi connectivity index (χ4n) is 2.86. The lowest BCUT2D eigenvalue weighted by molar-refractivity contribution is 0.0930. The minimum Gasteiger partial charge on any atom is -0.348 e. The molecule has 110 valence electrons. The van der Waals surface area contributed by atoms with Gasteiger partial charge in [-0.3, -0.25) is 9.78 Å². The number of fused-ring (bicyclic) bond motifs is 1. The Bertz CT molecular complexity index is 675. The van der Waals surface area contributed by atoms with Crippen LogP contribution in [0.2, 0.25) is 0 Å². The second-order valence-electron chi connectivity index (χ2n) is 5.83. The van der Waals surface area contributed by atoms with Crippen LogP contribution < -0.4 is 10.6 Å². The molecule has 2 N–H and O–H groups in total. The summed E-state index contributed by atoms with van der Waals surface area (Å²) in [7, 11) is 0. The molecule has 1 aromatic heterocycles. The number of pyridine rings is 1. The van der Waals surface area contributed by atoms with Crippen molar-refractivity contribution in [2.75, 3.05) is 13.1 Å². The van der Waals surface area contributed by atoms with Gasteiger partial charge in [0.1, 0.15) is 0 Å². The molecular weight excluding hydrogens is 262 g/mol. The third kappa shape index (κ3) is 3.05. The van der Waals surface area contributed by atoms with E-state index in [-0.39, 0.29) is 11.9 Å². The molecule has 4 heteroatoms. The summed E-state index contributed by atoms with van der Waals surface area (Å²) in [6, 6.07) is 8.29. The fourth-order valence-corrected chi connectivity index (χ4v) is 2.86. The van der Waals surface area contributed by atoms with E-state index in [2.05, 4.69) is 21.7 Å². The molecule has 1 aromatic carbocycles. The van der Waals surface area contributed by atoms with E-state index in [1.807, 2.05) is 32.0 Å². The topological polar surface area (TPSA) is 54.0 Å². The summed E-state index contributed by atoms with van der Waals surface area (Å²) in [5.74, 6) is -0.0166. The molecule has 4 nitrogen and oxygen atoms in total. The lowest BCUT2D eigenvalue weighted by Gasteiger charge is -2.24. The zero-order chi connectivity index (χ0) is 14.8. The third-order valence-electron chi connectivity index (χ3n) is 4.04. The molecule has 1 saturated heterocycles. The van der Waals surface area contributed by atoms with E-state index in [1.54, 1.807) is 0 Å². The smallest absolute Gasteiger partial charge is 0.253 e. The first-order chi connectivity index (χ1) is 10.1. The van der Waals surface area contributed by atoms with Crippen LogP contribution in [-0.2, 0) is 0 Å². The Morgan fingerprint density at radius 1 is 1.33 bits per heavy atom. The summed E-state index contributed by atoms with van der Waals surface area (Å²) in [6.07, 6.45) is 2.15. The number of nitrogens with one attached hydrogen (secondary N) is 2. The van der Waals surface area contributed by atoms with E-state index in [4.69, 9.17) is 0 Å². The van der Waals surface area contributed by atoms with Crippen LogP contribution in [0.25, 0.3) is 10.9 Å². The molecule has 2 aromatic rings. The van der Waals surface area contributed by atoms with Crippen molar-refractivity contribution in [2.24, 2.45) is 0 Å². The van der Waals surface area contributed by atoms with Crippen molar-refractivity contribution in [2.45, 2.75) is 32.7 Å². The minimum absolute atomic E-state index is 0.0166. The van der Waals surface area contributed by atoms with Gasteiger partial charge in [0.15, 0.2) is 0 Å². The highest BCUT2D eigenvalue weighted by Gasteiger charge is 2.18. The van der Waals surface area contributed by atoms with Gasteiger partial charge in [-0.2, -0.15) is 0 Å². The Balaban J connectivity index is 1.87. The first-order valence-electron chi connectivity index (χ1n) is 7.53. The van der Waals surface area contributed by atoms with E-state index >= 15 is 0 Å². The van der Waals surface area contributed by atoms with Gasteiger partial charge in [0.25, 0.3) is 5.91 Å². The Morgan fingerprint density at radius 3 is 2.95 bits per heavy atom. The number of carbonyl (C=O) groups excluding carboxylic acids is 1. The van der Waals surface area contributed by atoms with Crippen molar-refractivity contribution >= 4 is 16.8 Å². The zero-order valence-corrected chi connectivity index (χ0v) is 12.6. The Hall–Kier alpha value is -1.94. The Labute approximate surface area is 125 Å². The van der Waals surface area contributed by atoms with Crippen LogP contribution in [-0.4, -0.2) is 30.0 Å². The van der Waals surface area contributed by atoms with Crippen LogP contribution in [0, 0.1) is 13.8 Å². The van der Waals surface area contributed by atoms with Crippen molar-refractivity contribution in [1.82, 2.24) is 15.6 Å². The van der Waals surface area contributed by atoms with Crippen LogP contribution in [0.5, 0.6) is 0 Å². The van der Waals surface area contributed by atoms with Gasteiger partial charge in [-0.25, -0.2) is 0 Å². The normalized spacial score (nSPS) is 18.7. The van der Waals surface area contributed by atoms with E-state index < -0.39 is 0 Å². The fraction of sp³-hybridized carbons (Fsp3) is 0.412. The first kappa shape index (κ1) is 14.0. The number of hydrogen-bond donors (Lipinski definition) is 2. The standard InChI is InChI=1S/C17H21N3O/c1-11-5-6-16-13(8-11)9-15(12(2)19-16)17(21)20-14-4-3-7-18-10-14/h5-6,8-9,14,18H,3-4,7,10H2,1-2H3,(H,20,21)/t14-/m0/s1. The molecular formula is C17H21N3O. The second kappa shape index (κ2) is 5.82. The average molecular weight is 283 g/mol. The second-order valence-corrected chi connectivity index (χ2v) is 5.83. The van der Waals surface area contributed by atoms with Crippen LogP contribution in [0.3, 0.4) is 0 Å². The van der Waals surface area contributed by atoms with Gasteiger partial charge in [0.2, 0.25) is 0 Å². The largest absolute Gasteiger partial charge is 0.348 e. The number of rotatable bonds is 2. The number of hydrogen-bond acceptors (Lipinski definition) is 3. The molecule has 0 bridgehead atoms. The monoisotopic (exact) mass is 283 g/mol. The Kier molecular flexibility index (Phi) is 3.88. The average Bonchev–Trinajstić information content (AvgIpc) is 2.48. The molecule has 0 aliphatic carbocycles. The highest BCUT2D eigenvalue weighted by atomic mass is 16.1. The van der Waals surface area contributed by atoms with Gasteiger partial charge in [0, 0.05) is 18.0 Å². The summed E-state index contributed by atoms with van der Waals surface area (Å²) in [4.78, 5) is 17.0. The third-order valence-corrected chi connectivity index (χ3v) is 4.04. The van der Waals surface area contributed by atoms with Gasteiger partial charge in [-0.1, -0.05) is 11.6 Å². The summed E-state index contributed by atoms with van der Waals surface area (Å²) < 4.78 is 0. The highest BCUT2D eigenvalue weighted by molar-refractivity contribution is 5.98. The van der Waals surface area contributed by atoms with Gasteiger partial charge < -0.3 is 10.6 Å². The molecule has 0 radical (unpaired) electrons. The number of amides is 1. The summed E-state index contributed by atoms with van der Waals surface area (Å²) >= 11 is 0. The zero-order valence-electron chi connectivity index (χ0n) is 12.6. The summed E-state index contributed by atoms with van der Waals surface area (Å²) in [5, 5.41) is 7.45. The quantitative estimate of drug-likeness (QED) is 0.889. The molecule has 1 aliphatic rings. The van der Waals surface area contributed by atoms with E-state index in [0.717, 1.165) is 42.5 Å². The maximum absolute atomic E-state index is 12.5. The highest BCUT2D eigenvalue weighted by Crippen LogP contribution is 2.18. The minimum atomic E-state index is -0.0166. The van der Waals surface area contributed by atoms with Gasteiger partial charge in [0.05, 0.1) is 16.8 Å². The van der Waals surface area contributed by atoms with Crippen molar-refractivity contribution in [3.63, 3.8) is 0 Å². The number of nitrogens with zero attached hydrogens (tertiary/aromatic N) is 1. The molecule has 1 aliphatic heterocycles. The predicted octanol–water partition coefficient (Wildman–Crippen LogP) is 2.33. The SMILES string of the molecule is Cc1ccc2nc(C)c(C(=O)N[C@H]3CCCNC3)cc2c1. The van der Waals surface area contributed by atoms with Crippen LogP contribution in [0.1, 0.15) is 34.5 Å². The maximum Gasteiger partial charge on any atom is 0.253 e. The van der Waals surface area contributed by atoms with Gasteiger partial charge in [-0.15, -0.1) is 0 Å². The molecule has 0 unspecified atom stereocenters. The van der Waals surface area contributed by atoms with Crippen LogP contribution in [0.4, 0.5) is 0 Å². The lowest BCUT2D eigenvalue weighted by Crippen LogP contribution is -2.45. The molecule has 3 rings (SSSR count). The predicted molar refractivity (Wildman–Crippen MR) is 84.6 cm³/mol. The molecule has 21 heavy (non-hydrogen) atoms. The number of carbonyl (C=O) groups is 1. The van der Waals surface area contributed by atoms with E-state index in [0.29, 0.717) is 5.56 Å². The molecule has 0 spiro atoms. The Morgan fingerprint density at radius 2 is 2.19 bits per heavy atom. The van der Waals surface area contributed by atoms with Gasteiger partial charge in [-0.05, 0) is 51.4 Å². The van der Waals surface area contributed by atoms with Crippen molar-refractivity contribution in [3.05, 3.63) is 41.1 Å². The summed E-state index contributed by atoms with van der Waals surface area (Å²) in [5.41, 5.74) is 3.58. The molecule has 1 amide bonds. The molecule has 2 heterocycles. The molecule has 1 fully saturated rings. The van der Waals surface area contributed by atoms with Gasteiger partial charge >= 0.3 is 0 Å². The van der Waals surface area contributed by atoms with Crippen molar-refractivity contribution in [3.8, 4) is 0 Å². The number of aryl methyl sites for hydroxylation is 2. The van der Waals surface area contributed by atoms with E-state index in [1.165, 1.54) is 5.56 Å². The maximum atomic E-state index is 12.5. The van der Waals surface area contributed by atoms with Crippen LogP contribution >= 0.6 is 0 Å². The molecule has 1 atom stereocenters. The van der Waals surface area contributed by atoms with Crippen molar-refractivity contribution < 1.29 is 4.79 Å². The lowest BCUT2D eigenvalue weighted by atomic mass is 10.0. The number of aromatic nitrogens is 1.